The summed E-state index contributed by atoms with van der Waals surface area (Å²) in [6.07, 6.45) is 4.54. The number of hydrogen-bond acceptors (Lipinski definition) is 13. The average Bonchev–Trinajstić information content (AvgIpc) is 3.20. The summed E-state index contributed by atoms with van der Waals surface area (Å²) in [5, 5.41) is 14.9. The maximum absolute atomic E-state index is 12.5. The van der Waals surface area contributed by atoms with Gasteiger partial charge in [0.2, 0.25) is 0 Å². The van der Waals surface area contributed by atoms with Crippen molar-refractivity contribution >= 4 is 43.1 Å². The lowest BCUT2D eigenvalue weighted by molar-refractivity contribution is 0.0511. The van der Waals surface area contributed by atoms with E-state index in [9.17, 15) is 36.0 Å². The van der Waals surface area contributed by atoms with Crippen LogP contribution in [0.4, 0.5) is 0 Å². The van der Waals surface area contributed by atoms with Crippen molar-refractivity contribution in [2.75, 3.05) is 51.0 Å². The van der Waals surface area contributed by atoms with Gasteiger partial charge in [-0.2, -0.15) is 0 Å². The Morgan fingerprint density at radius 2 is 1.12 bits per heavy atom. The first-order valence-corrected chi connectivity index (χ1v) is 20.7. The molecule has 302 valence electrons. The van der Waals surface area contributed by atoms with Gasteiger partial charge in [0.25, 0.3) is 5.91 Å². The van der Waals surface area contributed by atoms with Gasteiger partial charge in [0.15, 0.2) is 31.2 Å². The van der Waals surface area contributed by atoms with Crippen LogP contribution < -0.4 is 5.32 Å². The van der Waals surface area contributed by atoms with Crippen molar-refractivity contribution in [1.82, 2.24) is 15.3 Å². The number of Topliss-reactive ketones (excluding diaryl/α,β-unsaturated/α-hetero) is 2. The normalized spacial score (nSPS) is 11.1. The fourth-order valence-corrected chi connectivity index (χ4v) is 7.19. The van der Waals surface area contributed by atoms with Crippen molar-refractivity contribution in [2.45, 2.75) is 36.5 Å². The maximum atomic E-state index is 12.5. The number of aromatic carboxylic acids is 1. The van der Waals surface area contributed by atoms with Crippen LogP contribution in [0.25, 0.3) is 10.4 Å². The van der Waals surface area contributed by atoms with Crippen LogP contribution in [-0.4, -0.2) is 106 Å². The topological polar surface area (TPSA) is 262 Å². The van der Waals surface area contributed by atoms with Crippen molar-refractivity contribution in [3.05, 3.63) is 129 Å². The number of aromatic nitrogens is 2. The minimum atomic E-state index is -3.60. The Kier molecular flexibility index (Phi) is 18.1. The number of benzene rings is 2. The number of aryl methyl sites for hydroxylation is 2. The Morgan fingerprint density at radius 3 is 1.60 bits per heavy atom. The fourth-order valence-electron chi connectivity index (χ4n) is 4.71. The van der Waals surface area contributed by atoms with E-state index >= 15 is 0 Å². The molecule has 0 aliphatic heterocycles. The summed E-state index contributed by atoms with van der Waals surface area (Å²) in [7, 11) is -7.16. The first-order valence-electron chi connectivity index (χ1n) is 17.4. The van der Waals surface area contributed by atoms with Crippen molar-refractivity contribution < 1.29 is 50.6 Å². The Balaban J connectivity index is 0.000000329. The summed E-state index contributed by atoms with van der Waals surface area (Å²) in [4.78, 5) is 58.3. The molecule has 4 rings (SSSR count). The SMILES string of the molecule is Cc1ccc(S(=O)(=O)CCC(=O)c2cncc(C(=O)NCCOCCOCCN=[N+]=[N-])c2)cc1.Cc1ccc(S(=O)(=O)CCC(=O)c2cncc(C(=O)O)c2)cc1. The summed E-state index contributed by atoms with van der Waals surface area (Å²) in [5.74, 6) is -3.18. The van der Waals surface area contributed by atoms with E-state index in [0.717, 1.165) is 17.3 Å². The fraction of sp³-hybridized carbons (Fsp3) is 0.316. The molecule has 0 saturated heterocycles. The smallest absolute Gasteiger partial charge is 0.337 e. The molecule has 0 atom stereocenters. The maximum Gasteiger partial charge on any atom is 0.337 e. The molecule has 0 bridgehead atoms. The summed E-state index contributed by atoms with van der Waals surface area (Å²) in [5.41, 5.74) is 10.3. The summed E-state index contributed by atoms with van der Waals surface area (Å²) < 4.78 is 59.8. The van der Waals surface area contributed by atoms with Gasteiger partial charge in [-0.25, -0.2) is 21.6 Å². The molecule has 19 heteroatoms. The number of carboxylic acids is 1. The third-order valence-electron chi connectivity index (χ3n) is 7.89. The highest BCUT2D eigenvalue weighted by Crippen LogP contribution is 2.16. The molecule has 0 aliphatic rings. The van der Waals surface area contributed by atoms with Crippen LogP contribution in [0.5, 0.6) is 0 Å². The van der Waals surface area contributed by atoms with Gasteiger partial charge in [0.05, 0.1) is 58.9 Å². The van der Waals surface area contributed by atoms with Gasteiger partial charge in [-0.3, -0.25) is 24.4 Å². The van der Waals surface area contributed by atoms with E-state index in [0.29, 0.717) is 19.8 Å². The lowest BCUT2D eigenvalue weighted by atomic mass is 10.1. The van der Waals surface area contributed by atoms with Gasteiger partial charge in [-0.05, 0) is 55.8 Å². The first-order chi connectivity index (χ1) is 27.1. The van der Waals surface area contributed by atoms with Crippen LogP contribution in [0.3, 0.4) is 0 Å². The summed E-state index contributed by atoms with van der Waals surface area (Å²) >= 11 is 0. The average molecular weight is 823 g/mol. The molecule has 0 radical (unpaired) electrons. The van der Waals surface area contributed by atoms with Crippen LogP contribution in [0.15, 0.2) is 100 Å². The number of amides is 1. The molecule has 2 aromatic heterocycles. The monoisotopic (exact) mass is 822 g/mol. The van der Waals surface area contributed by atoms with Crippen molar-refractivity contribution in [2.24, 2.45) is 5.11 Å². The molecule has 0 aliphatic carbocycles. The molecule has 0 unspecified atom stereocenters. The molecule has 0 fully saturated rings. The van der Waals surface area contributed by atoms with Gasteiger partial charge in [-0.1, -0.05) is 40.5 Å². The predicted octanol–water partition coefficient (Wildman–Crippen LogP) is 4.64. The number of carboxylic acid groups (broad SMARTS) is 1. The third kappa shape index (κ3) is 15.7. The van der Waals surface area contributed by atoms with Crippen LogP contribution in [0.2, 0.25) is 0 Å². The lowest BCUT2D eigenvalue weighted by Crippen LogP contribution is -2.28. The second kappa shape index (κ2) is 22.6. The second-order valence-electron chi connectivity index (χ2n) is 12.3. The summed E-state index contributed by atoms with van der Waals surface area (Å²) in [6, 6.07) is 15.4. The van der Waals surface area contributed by atoms with Crippen molar-refractivity contribution in [3.63, 3.8) is 0 Å². The zero-order valence-electron chi connectivity index (χ0n) is 31.2. The van der Waals surface area contributed by atoms with Gasteiger partial charge in [0, 0.05) is 66.8 Å². The number of carbonyl (C=O) groups is 4. The molecular weight excluding hydrogens is 781 g/mol. The Morgan fingerprint density at radius 1 is 0.684 bits per heavy atom. The minimum Gasteiger partial charge on any atom is -0.478 e. The van der Waals surface area contributed by atoms with Crippen LogP contribution >= 0.6 is 0 Å². The zero-order chi connectivity index (χ0) is 41.8. The molecule has 0 spiro atoms. The molecule has 17 nitrogen and oxygen atoms in total. The molecule has 1 amide bonds. The number of ether oxygens (including phenoxy) is 2. The number of sulfone groups is 2. The number of azide groups is 1. The second-order valence-corrected chi connectivity index (χ2v) is 16.5. The van der Waals surface area contributed by atoms with Crippen LogP contribution in [-0.2, 0) is 29.1 Å². The highest BCUT2D eigenvalue weighted by atomic mass is 32.2. The number of pyridine rings is 2. The van der Waals surface area contributed by atoms with E-state index in [1.807, 2.05) is 13.8 Å². The Bertz CT molecular complexity index is 2280. The van der Waals surface area contributed by atoms with Gasteiger partial charge < -0.3 is 19.9 Å². The van der Waals surface area contributed by atoms with E-state index in [1.54, 1.807) is 24.3 Å². The van der Waals surface area contributed by atoms with Crippen molar-refractivity contribution in [1.29, 1.82) is 0 Å². The minimum absolute atomic E-state index is 0.0870. The molecule has 2 N–H and O–H groups in total. The number of nitrogens with zero attached hydrogens (tertiary/aromatic N) is 5. The van der Waals surface area contributed by atoms with Gasteiger partial charge in [0.1, 0.15) is 0 Å². The van der Waals surface area contributed by atoms with Crippen LogP contribution in [0, 0.1) is 13.8 Å². The molecule has 0 saturated carbocycles. The summed E-state index contributed by atoms with van der Waals surface area (Å²) in [6.45, 7) is 5.43. The van der Waals surface area contributed by atoms with Gasteiger partial charge in [-0.15, -0.1) is 0 Å². The number of carbonyl (C=O) groups excluding carboxylic acids is 3. The molecular formula is C38H42N6O11S2. The van der Waals surface area contributed by atoms with E-state index in [2.05, 4.69) is 25.3 Å². The Labute approximate surface area is 329 Å². The highest BCUT2D eigenvalue weighted by Gasteiger charge is 2.20. The van der Waals surface area contributed by atoms with E-state index in [4.69, 9.17) is 20.1 Å². The number of hydrogen-bond donors (Lipinski definition) is 2. The highest BCUT2D eigenvalue weighted by molar-refractivity contribution is 7.91. The lowest BCUT2D eigenvalue weighted by Gasteiger charge is -2.08. The standard InChI is InChI=1S/C22H27N5O6S.C16H15NO5S/c1-17-2-4-20(5-3-17)34(30,31)13-6-21(28)18-14-19(16-24-15-18)22(29)25-7-9-32-11-12-33-10-8-26-27-23;1-11-2-4-14(5-3-11)23(21,22)7-6-15(18)12-8-13(16(19)20)10-17-9-12/h2-5,14-16H,6-13H2,1H3,(H,25,29);2-5,8-10H,6-7H2,1H3,(H,19,20). The van der Waals surface area contributed by atoms with E-state index in [-0.39, 0.29) is 76.1 Å². The van der Waals surface area contributed by atoms with Crippen LogP contribution in [0.1, 0.15) is 65.4 Å². The first kappa shape index (κ1) is 45.5. The van der Waals surface area contributed by atoms with E-state index in [1.165, 1.54) is 55.0 Å². The number of nitrogens with one attached hydrogen (secondary N) is 1. The third-order valence-corrected chi connectivity index (χ3v) is 11.4. The van der Waals surface area contributed by atoms with E-state index < -0.39 is 43.1 Å². The number of ketones is 2. The number of rotatable bonds is 21. The largest absolute Gasteiger partial charge is 0.478 e. The zero-order valence-corrected chi connectivity index (χ0v) is 32.9. The van der Waals surface area contributed by atoms with Gasteiger partial charge >= 0.3 is 5.97 Å². The predicted molar refractivity (Wildman–Crippen MR) is 208 cm³/mol. The molecule has 4 aromatic rings. The molecule has 57 heavy (non-hydrogen) atoms. The quantitative estimate of drug-likeness (QED) is 0.0382. The molecule has 2 aromatic carbocycles. The Hall–Kier alpha value is -5.85. The molecule has 2 heterocycles. The van der Waals surface area contributed by atoms with Crippen molar-refractivity contribution in [3.8, 4) is 0 Å².